The van der Waals surface area contributed by atoms with Crippen LogP contribution in [0.4, 0.5) is 10.1 Å². The number of nitrogens with zero attached hydrogens (tertiary/aromatic N) is 2. The van der Waals surface area contributed by atoms with Crippen LogP contribution in [-0.2, 0) is 17.0 Å². The lowest BCUT2D eigenvalue weighted by atomic mass is 9.97. The number of hydrogen-bond acceptors (Lipinski definition) is 8. The van der Waals surface area contributed by atoms with E-state index in [2.05, 4.69) is 16.1 Å². The Kier molecular flexibility index (Phi) is 6.98. The van der Waals surface area contributed by atoms with Gasteiger partial charge in [0.15, 0.2) is 28.8 Å². The Balaban J connectivity index is 1.63. The summed E-state index contributed by atoms with van der Waals surface area (Å²) >= 11 is 0. The number of ether oxygens (including phenoxy) is 2. The third kappa shape index (κ3) is 3.80. The molecule has 0 fully saturated rings. The van der Waals surface area contributed by atoms with Gasteiger partial charge in [-0.05, 0) is 57.8 Å². The summed E-state index contributed by atoms with van der Waals surface area (Å²) in [6, 6.07) is 6.70. The summed E-state index contributed by atoms with van der Waals surface area (Å²) in [4.78, 5) is 27.9. The molecule has 0 unspecified atom stereocenters. The molecule has 0 bridgehead atoms. The average Bonchev–Trinajstić information content (AvgIpc) is 3.31. The molecule has 0 saturated carbocycles. The van der Waals surface area contributed by atoms with Gasteiger partial charge in [-0.25, -0.2) is 14.8 Å². The van der Waals surface area contributed by atoms with Crippen molar-refractivity contribution >= 4 is 23.2 Å². The van der Waals surface area contributed by atoms with Gasteiger partial charge in [0, 0.05) is 24.7 Å². The maximum atomic E-state index is 15.3. The number of hydrazine groups is 1. The van der Waals surface area contributed by atoms with Crippen LogP contribution in [0.25, 0.3) is 0 Å². The van der Waals surface area contributed by atoms with Gasteiger partial charge in [0.05, 0.1) is 31.0 Å². The molecule has 0 spiro atoms. The predicted molar refractivity (Wildman–Crippen MR) is 133 cm³/mol. The smallest absolute Gasteiger partial charge is 0.281 e. The second-order valence-electron chi connectivity index (χ2n) is 8.39. The summed E-state index contributed by atoms with van der Waals surface area (Å²) in [5.41, 5.74) is 3.96. The third-order valence-electron chi connectivity index (χ3n) is 6.57. The molecule has 36 heavy (non-hydrogen) atoms. The van der Waals surface area contributed by atoms with Gasteiger partial charge in [0.2, 0.25) is 0 Å². The quantitative estimate of drug-likeness (QED) is 0.289. The summed E-state index contributed by atoms with van der Waals surface area (Å²) in [5.74, 6) is -1.00. The Hall–Kier alpha value is -3.54. The highest BCUT2D eigenvalue weighted by molar-refractivity contribution is 6.09. The number of ketones is 1. The molecule has 192 valence electrons. The SMILES string of the molecule is CCOc1cc2c(c(F)c1OCC)C(=N)N(CC(=O)c1ccc3c(c1)C(NC)(NC)C(=O)N3NC)C2. The van der Waals surface area contributed by atoms with E-state index in [4.69, 9.17) is 14.9 Å². The minimum atomic E-state index is -1.19. The van der Waals surface area contributed by atoms with Crippen molar-refractivity contribution in [3.8, 4) is 11.5 Å². The molecule has 10 nitrogen and oxygen atoms in total. The molecule has 0 aliphatic carbocycles. The van der Waals surface area contributed by atoms with E-state index >= 15 is 4.39 Å². The van der Waals surface area contributed by atoms with Gasteiger partial charge in [-0.15, -0.1) is 0 Å². The maximum Gasteiger partial charge on any atom is 0.281 e. The topological polar surface area (TPSA) is 119 Å². The van der Waals surface area contributed by atoms with E-state index in [1.807, 2.05) is 0 Å². The number of anilines is 1. The number of carbonyl (C=O) groups is 2. The molecule has 2 aromatic rings. The number of carbonyl (C=O) groups excluding carboxylic acids is 2. The molecule has 0 atom stereocenters. The molecule has 0 saturated heterocycles. The first kappa shape index (κ1) is 25.5. The predicted octanol–water partition coefficient (Wildman–Crippen LogP) is 1.72. The highest BCUT2D eigenvalue weighted by atomic mass is 19.1. The number of benzene rings is 2. The standard InChI is InChI=1S/C25H31FN6O4/c1-6-35-19-11-15-12-31(23(27)20(15)21(26)22(19)36-7-2)13-18(33)14-8-9-17-16(10-14)25(28-3,29-4)24(34)32(17)30-5/h8-11,27-30H,6-7,12-13H2,1-5H3. The number of hydrogen-bond donors (Lipinski definition) is 4. The maximum absolute atomic E-state index is 15.3. The number of amides is 1. The summed E-state index contributed by atoms with van der Waals surface area (Å²) in [6.07, 6.45) is 0. The zero-order valence-electron chi connectivity index (χ0n) is 21.0. The van der Waals surface area contributed by atoms with Crippen LogP contribution in [0.5, 0.6) is 11.5 Å². The van der Waals surface area contributed by atoms with Crippen molar-refractivity contribution in [2.24, 2.45) is 0 Å². The van der Waals surface area contributed by atoms with Crippen LogP contribution < -0.4 is 30.5 Å². The van der Waals surface area contributed by atoms with Crippen LogP contribution in [0.2, 0.25) is 0 Å². The van der Waals surface area contributed by atoms with Crippen LogP contribution in [0, 0.1) is 11.2 Å². The lowest BCUT2D eigenvalue weighted by Crippen LogP contribution is -2.59. The van der Waals surface area contributed by atoms with Gasteiger partial charge in [0.1, 0.15) is 5.84 Å². The minimum Gasteiger partial charge on any atom is -0.490 e. The van der Waals surface area contributed by atoms with Crippen molar-refractivity contribution in [3.05, 3.63) is 52.3 Å². The summed E-state index contributed by atoms with van der Waals surface area (Å²) < 4.78 is 26.4. The molecule has 1 amide bonds. The molecule has 4 N–H and O–H groups in total. The molecule has 0 aromatic heterocycles. The summed E-state index contributed by atoms with van der Waals surface area (Å²) in [5, 5.41) is 16.0. The first-order chi connectivity index (χ1) is 17.3. The fraction of sp³-hybridized carbons (Fsp3) is 0.400. The fourth-order valence-corrected chi connectivity index (χ4v) is 4.85. The fourth-order valence-electron chi connectivity index (χ4n) is 4.85. The second-order valence-corrected chi connectivity index (χ2v) is 8.39. The van der Waals surface area contributed by atoms with Crippen LogP contribution in [0.15, 0.2) is 24.3 Å². The largest absolute Gasteiger partial charge is 0.490 e. The highest BCUT2D eigenvalue weighted by Crippen LogP contribution is 2.40. The number of fused-ring (bicyclic) bond motifs is 2. The molecule has 2 aromatic carbocycles. The Morgan fingerprint density at radius 1 is 1.14 bits per heavy atom. The van der Waals surface area contributed by atoms with E-state index in [0.717, 1.165) is 0 Å². The number of Topliss-reactive ketones (excluding diaryl/α,β-unsaturated/α-hetero) is 1. The Bertz CT molecular complexity index is 1230. The zero-order valence-corrected chi connectivity index (χ0v) is 21.0. The van der Waals surface area contributed by atoms with E-state index in [1.165, 1.54) is 9.91 Å². The zero-order chi connectivity index (χ0) is 26.2. The van der Waals surface area contributed by atoms with E-state index < -0.39 is 11.5 Å². The molecular formula is C25H31FN6O4. The average molecular weight is 499 g/mol. The van der Waals surface area contributed by atoms with Crippen molar-refractivity contribution in [3.63, 3.8) is 0 Å². The number of likely N-dealkylation sites (N-methyl/N-ethyl adjacent to an activating group) is 2. The molecular weight excluding hydrogens is 467 g/mol. The van der Waals surface area contributed by atoms with Crippen molar-refractivity contribution in [1.82, 2.24) is 21.0 Å². The van der Waals surface area contributed by atoms with Crippen molar-refractivity contribution in [2.45, 2.75) is 26.1 Å². The highest BCUT2D eigenvalue weighted by Gasteiger charge is 2.49. The summed E-state index contributed by atoms with van der Waals surface area (Å²) in [7, 11) is 4.97. The molecule has 2 aliphatic rings. The first-order valence-corrected chi connectivity index (χ1v) is 11.8. The van der Waals surface area contributed by atoms with Crippen LogP contribution in [0.3, 0.4) is 0 Å². The van der Waals surface area contributed by atoms with Gasteiger partial charge in [-0.1, -0.05) is 0 Å². The molecule has 4 rings (SSSR count). The van der Waals surface area contributed by atoms with Crippen molar-refractivity contribution in [2.75, 3.05) is 45.9 Å². The Labute approximate surface area is 209 Å². The number of amidine groups is 1. The first-order valence-electron chi connectivity index (χ1n) is 11.8. The lowest BCUT2D eigenvalue weighted by Gasteiger charge is -2.27. The van der Waals surface area contributed by atoms with E-state index in [-0.39, 0.29) is 54.3 Å². The van der Waals surface area contributed by atoms with Gasteiger partial charge in [-0.3, -0.25) is 25.6 Å². The van der Waals surface area contributed by atoms with E-state index in [1.54, 1.807) is 59.3 Å². The Morgan fingerprint density at radius 3 is 2.44 bits per heavy atom. The van der Waals surface area contributed by atoms with Gasteiger partial charge in [-0.2, -0.15) is 0 Å². The Morgan fingerprint density at radius 2 is 1.83 bits per heavy atom. The molecule has 0 radical (unpaired) electrons. The van der Waals surface area contributed by atoms with Crippen molar-refractivity contribution in [1.29, 1.82) is 5.41 Å². The monoisotopic (exact) mass is 498 g/mol. The number of rotatable bonds is 10. The summed E-state index contributed by atoms with van der Waals surface area (Å²) in [6.45, 7) is 4.19. The minimum absolute atomic E-state index is 0.0242. The third-order valence-corrected chi connectivity index (χ3v) is 6.57. The molecule has 2 heterocycles. The van der Waals surface area contributed by atoms with Gasteiger partial charge >= 0.3 is 0 Å². The van der Waals surface area contributed by atoms with Gasteiger partial charge in [0.25, 0.3) is 5.91 Å². The van der Waals surface area contributed by atoms with Gasteiger partial charge < -0.3 is 14.4 Å². The van der Waals surface area contributed by atoms with Crippen LogP contribution in [-0.4, -0.2) is 63.3 Å². The van der Waals surface area contributed by atoms with Crippen LogP contribution >= 0.6 is 0 Å². The number of halogens is 1. The second kappa shape index (κ2) is 9.84. The number of nitrogens with one attached hydrogen (secondary N) is 4. The van der Waals surface area contributed by atoms with E-state index in [9.17, 15) is 9.59 Å². The van der Waals surface area contributed by atoms with Crippen molar-refractivity contribution < 1.29 is 23.5 Å². The normalized spacial score (nSPS) is 15.8. The van der Waals surface area contributed by atoms with Crippen LogP contribution in [0.1, 0.15) is 40.9 Å². The molecule has 11 heteroatoms. The lowest BCUT2D eigenvalue weighted by molar-refractivity contribution is -0.125. The molecule has 2 aliphatic heterocycles. The van der Waals surface area contributed by atoms with E-state index in [0.29, 0.717) is 29.0 Å².